The van der Waals surface area contributed by atoms with Gasteiger partial charge in [0.05, 0.1) is 18.4 Å². The second kappa shape index (κ2) is 12.8. The second-order valence-electron chi connectivity index (χ2n) is 7.19. The van der Waals surface area contributed by atoms with Crippen molar-refractivity contribution in [3.8, 4) is 12.1 Å². The van der Waals surface area contributed by atoms with Crippen LogP contribution in [0.5, 0.6) is 0 Å². The van der Waals surface area contributed by atoms with Crippen LogP contribution in [0.25, 0.3) is 5.52 Å². The summed E-state index contributed by atoms with van der Waals surface area (Å²) < 4.78 is 51.4. The van der Waals surface area contributed by atoms with E-state index in [1.54, 1.807) is 12.1 Å². The van der Waals surface area contributed by atoms with Gasteiger partial charge in [0.15, 0.2) is 5.82 Å². The maximum atomic E-state index is 11.9. The van der Waals surface area contributed by atoms with E-state index in [4.69, 9.17) is 15.4 Å². The lowest BCUT2D eigenvalue weighted by Crippen LogP contribution is -2.45. The van der Waals surface area contributed by atoms with Gasteiger partial charge in [0.2, 0.25) is 5.60 Å². The number of aromatic nitrogens is 3. The molecule has 25 heteroatoms. The van der Waals surface area contributed by atoms with Crippen LogP contribution in [-0.2, 0) is 37.2 Å². The summed E-state index contributed by atoms with van der Waals surface area (Å²) in [5.74, 6) is 0.00985. The highest BCUT2D eigenvalue weighted by molar-refractivity contribution is 7.65. The largest absolute Gasteiger partial charge is 0.756 e. The average Bonchev–Trinajstić information content (AvgIpc) is 3.24. The van der Waals surface area contributed by atoms with Crippen molar-refractivity contribution < 1.29 is 56.3 Å². The normalized spacial score (nSPS) is 28.4. The van der Waals surface area contributed by atoms with Gasteiger partial charge >= 0.3 is 0 Å². The van der Waals surface area contributed by atoms with Crippen molar-refractivity contribution in [3.05, 3.63) is 24.2 Å². The Morgan fingerprint density at radius 2 is 1.72 bits per heavy atom. The molecule has 1 saturated heterocycles. The Hall–Kier alpha value is -2.43. The summed E-state index contributed by atoms with van der Waals surface area (Å²) in [6, 6.07) is 6.27. The number of fused-ring (bicyclic) bond motifs is 1. The Kier molecular flexibility index (Phi) is 12.7. The molecule has 0 amide bonds. The van der Waals surface area contributed by atoms with E-state index in [0.717, 1.165) is 17.8 Å². The molecule has 0 aliphatic carbocycles. The number of nitriles is 2. The third kappa shape index (κ3) is 7.21. The predicted molar refractivity (Wildman–Crippen MR) is 126 cm³/mol. The Balaban J connectivity index is 0. The van der Waals surface area contributed by atoms with Crippen molar-refractivity contribution in [2.75, 3.05) is 12.3 Å². The summed E-state index contributed by atoms with van der Waals surface area (Å²) in [5, 5.41) is 34.6. The van der Waals surface area contributed by atoms with Crippen LogP contribution in [0.15, 0.2) is 18.5 Å². The van der Waals surface area contributed by atoms with E-state index in [1.165, 1.54) is 12.1 Å². The van der Waals surface area contributed by atoms with Gasteiger partial charge in [-0.2, -0.15) is 15.6 Å². The zero-order valence-electron chi connectivity index (χ0n) is 21.2. The Morgan fingerprint density at radius 3 is 2.23 bits per heavy atom. The first-order chi connectivity index (χ1) is 16.0. The van der Waals surface area contributed by atoms with Crippen LogP contribution in [0.1, 0.15) is 12.6 Å². The predicted octanol–water partition coefficient (Wildman–Crippen LogP) is -0.728. The summed E-state index contributed by atoms with van der Waals surface area (Å²) in [6.07, 6.45) is -2.59. The van der Waals surface area contributed by atoms with E-state index in [0.29, 0.717) is 0 Å². The van der Waals surface area contributed by atoms with Crippen molar-refractivity contribution in [3.63, 3.8) is 0 Å². The molecule has 3 unspecified atom stereocenters. The van der Waals surface area contributed by atoms with Crippen LogP contribution in [0.4, 0.5) is 5.82 Å². The van der Waals surface area contributed by atoms with Crippen molar-refractivity contribution >= 4 is 34.8 Å². The minimum atomic E-state index is -6.16. The van der Waals surface area contributed by atoms with Gasteiger partial charge < -0.3 is 64.3 Å². The number of anilines is 1. The van der Waals surface area contributed by atoms with Crippen LogP contribution >= 0.6 is 23.5 Å². The number of hydrogen-bond donors (Lipinski definition) is 7. The molecule has 22 nitrogen and oxygen atoms in total. The zero-order chi connectivity index (χ0) is 26.4. The summed E-state index contributed by atoms with van der Waals surface area (Å²) >= 11 is 0. The molecular weight excluding hydrogens is 593 g/mol. The number of phosphoric ester groups is 1. The number of nitrogens with two attached hydrogens (primary N) is 1. The van der Waals surface area contributed by atoms with E-state index in [-0.39, 0.29) is 41.6 Å². The first-order valence-corrected chi connectivity index (χ1v) is 13.4. The van der Waals surface area contributed by atoms with E-state index < -0.39 is 53.3 Å². The van der Waals surface area contributed by atoms with Crippen molar-refractivity contribution in [1.82, 2.24) is 39.2 Å². The number of rotatable bonds is 8. The lowest BCUT2D eigenvalue weighted by molar-refractivity contribution is -0.250. The van der Waals surface area contributed by atoms with Crippen LogP contribution in [-0.4, -0.2) is 43.4 Å². The lowest BCUT2D eigenvalue weighted by atomic mass is 9.71. The number of nitrogens with zero attached hydrogens (tertiary/aromatic N) is 5. The number of aliphatic hydroxyl groups excluding tert-OH is 1. The number of phosphoric acid groups is 3. The zero-order valence-corrected chi connectivity index (χ0v) is 23.9. The molecule has 0 aromatic carbocycles. The highest BCUT2D eigenvalue weighted by Crippen LogP contribution is 2.62. The molecule has 2 aromatic heterocycles. The van der Waals surface area contributed by atoms with Gasteiger partial charge in [0.1, 0.15) is 35.5 Å². The fraction of sp³-hybridized carbons (Fsp3) is 0.429. The smallest absolute Gasteiger partial charge is 0.280 e. The lowest BCUT2D eigenvalue weighted by Gasteiger charge is -2.33. The molecule has 20 N–H and O–H groups in total. The SMILES string of the molecule is C[C@@]1(C#N)[C@H](O)[C@@H](COP(=O)([O-])OP(=O)([O-])OP(=O)([O-])O)O[C@@]1(C#N)c1ccc2c(N)ncnn12.[NH4+].[NH4+].[NH4+].[NH4+]. The number of nitrogen functional groups attached to an aromatic ring is 1. The molecule has 1 aliphatic rings. The van der Waals surface area contributed by atoms with Crippen LogP contribution < -0.4 is 45.0 Å². The van der Waals surface area contributed by atoms with Gasteiger partial charge in [0, 0.05) is 0 Å². The first kappa shape index (κ1) is 38.7. The highest BCUT2D eigenvalue weighted by atomic mass is 31.3. The van der Waals surface area contributed by atoms with E-state index in [2.05, 4.69) is 23.2 Å². The molecule has 3 heterocycles. The molecule has 2 aromatic rings. The number of quaternary nitrogens is 4. The molecule has 0 saturated carbocycles. The van der Waals surface area contributed by atoms with Gasteiger partial charge in [-0.15, -0.1) is 0 Å². The van der Waals surface area contributed by atoms with Crippen molar-refractivity contribution in [2.24, 2.45) is 5.41 Å². The maximum absolute atomic E-state index is 11.9. The molecule has 0 spiro atoms. The summed E-state index contributed by atoms with van der Waals surface area (Å²) in [6.45, 7) is -0.0535. The number of aliphatic hydroxyl groups is 1. The third-order valence-corrected chi connectivity index (χ3v) is 8.73. The van der Waals surface area contributed by atoms with Crippen LogP contribution in [0.3, 0.4) is 0 Å². The fourth-order valence-electron chi connectivity index (χ4n) is 3.46. The Bertz CT molecular complexity index is 1390. The molecule has 0 radical (unpaired) electrons. The van der Waals surface area contributed by atoms with E-state index in [9.17, 15) is 44.0 Å². The molecule has 0 bridgehead atoms. The molecular formula is C14H30N10O12P3+. The van der Waals surface area contributed by atoms with Gasteiger partial charge in [-0.3, -0.25) is 13.7 Å². The fourth-order valence-corrected chi connectivity index (χ4v) is 6.36. The summed E-state index contributed by atoms with van der Waals surface area (Å²) in [7, 11) is -18.0. The monoisotopic (exact) mass is 623 g/mol. The molecule has 39 heavy (non-hydrogen) atoms. The van der Waals surface area contributed by atoms with Gasteiger partial charge in [-0.1, -0.05) is 0 Å². The molecule has 7 atom stereocenters. The van der Waals surface area contributed by atoms with E-state index in [1.807, 2.05) is 0 Å². The topological polar surface area (TPSA) is 448 Å². The molecule has 222 valence electrons. The first-order valence-electron chi connectivity index (χ1n) is 9.01. The number of ether oxygens (including phenoxy) is 1. The Morgan fingerprint density at radius 1 is 1.13 bits per heavy atom. The quantitative estimate of drug-likeness (QED) is 0.178. The second-order valence-corrected chi connectivity index (χ2v) is 11.5. The van der Waals surface area contributed by atoms with Crippen molar-refractivity contribution in [2.45, 2.75) is 24.7 Å². The molecule has 3 rings (SSSR count). The standard InChI is InChI=1S/C14H17N6O12P3.4H3N/c1-13(5-15)11(21)9(4-29-34(25,26)32-35(27,28)31-33(22,23)24)30-14(13,6-16)10-3-2-8-12(17)18-7-19-20(8)10;;;;/h2-3,7,9,11,21H,4H2,1H3,(H,25,26)(H,27,28)(H2,17,18,19)(H2,22,23,24);4*1H3/p+1/t9-,11-,13-,14+;;;;/m1..../s1. The molecule has 1 fully saturated rings. The van der Waals surface area contributed by atoms with Gasteiger partial charge in [0.25, 0.3) is 23.5 Å². The average molecular weight is 623 g/mol. The van der Waals surface area contributed by atoms with E-state index >= 15 is 0 Å². The minimum Gasteiger partial charge on any atom is -0.756 e. The summed E-state index contributed by atoms with van der Waals surface area (Å²) in [5.41, 5.74) is 1.56. The van der Waals surface area contributed by atoms with Crippen molar-refractivity contribution in [1.29, 1.82) is 10.5 Å². The van der Waals surface area contributed by atoms with Gasteiger partial charge in [-0.05, 0) is 19.1 Å². The maximum Gasteiger partial charge on any atom is 0.280 e. The van der Waals surface area contributed by atoms with Crippen LogP contribution in [0.2, 0.25) is 0 Å². The van der Waals surface area contributed by atoms with Crippen LogP contribution in [0, 0.1) is 28.1 Å². The Labute approximate surface area is 220 Å². The van der Waals surface area contributed by atoms with Gasteiger partial charge in [-0.25, -0.2) is 18.1 Å². The molecule has 1 aliphatic heterocycles. The summed E-state index contributed by atoms with van der Waals surface area (Å²) in [4.78, 5) is 45.9. The number of hydrogen-bond acceptors (Lipinski definition) is 16. The third-order valence-electron chi connectivity index (χ3n) is 5.04. The minimum absolute atomic E-state index is 0. The highest BCUT2D eigenvalue weighted by Gasteiger charge is 2.66.